The SMILES string of the molecule is COc1ccc(-c2onc(-c3ccccc3Br)c2CO)cc1OC. The van der Waals surface area contributed by atoms with Crippen molar-refractivity contribution in [2.45, 2.75) is 6.61 Å². The second kappa shape index (κ2) is 7.07. The molecule has 0 aliphatic rings. The van der Waals surface area contributed by atoms with Crippen molar-refractivity contribution in [3.05, 3.63) is 52.5 Å². The minimum Gasteiger partial charge on any atom is -0.493 e. The van der Waals surface area contributed by atoms with E-state index in [1.807, 2.05) is 30.3 Å². The second-order valence-corrected chi connectivity index (χ2v) is 5.90. The van der Waals surface area contributed by atoms with Crippen molar-refractivity contribution in [1.82, 2.24) is 5.16 Å². The molecular weight excluding hydrogens is 374 g/mol. The largest absolute Gasteiger partial charge is 0.493 e. The number of rotatable bonds is 5. The monoisotopic (exact) mass is 389 g/mol. The number of aliphatic hydroxyl groups excluding tert-OH is 1. The Labute approximate surface area is 147 Å². The van der Waals surface area contributed by atoms with Crippen LogP contribution in [0.15, 0.2) is 51.5 Å². The Balaban J connectivity index is 2.12. The Bertz CT molecular complexity index is 860. The van der Waals surface area contributed by atoms with Gasteiger partial charge in [-0.05, 0) is 24.3 Å². The molecule has 0 amide bonds. The molecule has 0 atom stereocenters. The number of hydrogen-bond acceptors (Lipinski definition) is 5. The fourth-order valence-electron chi connectivity index (χ4n) is 2.53. The third-order valence-electron chi connectivity index (χ3n) is 3.72. The van der Waals surface area contributed by atoms with E-state index < -0.39 is 0 Å². The molecule has 0 aliphatic carbocycles. The first-order valence-electron chi connectivity index (χ1n) is 7.26. The summed E-state index contributed by atoms with van der Waals surface area (Å²) in [6.45, 7) is -0.191. The van der Waals surface area contributed by atoms with Gasteiger partial charge in [-0.1, -0.05) is 39.3 Å². The summed E-state index contributed by atoms with van der Waals surface area (Å²) in [5.41, 5.74) is 2.84. The molecule has 1 N–H and O–H groups in total. The van der Waals surface area contributed by atoms with Gasteiger partial charge in [-0.15, -0.1) is 0 Å². The maximum atomic E-state index is 9.86. The zero-order chi connectivity index (χ0) is 17.1. The standard InChI is InChI=1S/C18H16BrNO4/c1-22-15-8-7-11(9-16(15)23-2)18-13(10-21)17(20-24-18)12-5-3-4-6-14(12)19/h3-9,21H,10H2,1-2H3. The van der Waals surface area contributed by atoms with Gasteiger partial charge in [0.1, 0.15) is 5.69 Å². The molecule has 24 heavy (non-hydrogen) atoms. The first-order valence-corrected chi connectivity index (χ1v) is 8.05. The summed E-state index contributed by atoms with van der Waals surface area (Å²) in [5, 5.41) is 14.0. The van der Waals surface area contributed by atoms with Crippen molar-refractivity contribution in [2.24, 2.45) is 0 Å². The van der Waals surface area contributed by atoms with Gasteiger partial charge in [-0.25, -0.2) is 0 Å². The molecule has 124 valence electrons. The van der Waals surface area contributed by atoms with Crippen LogP contribution in [0.25, 0.3) is 22.6 Å². The molecule has 0 fully saturated rings. The Morgan fingerprint density at radius 2 is 1.83 bits per heavy atom. The van der Waals surface area contributed by atoms with Crippen molar-refractivity contribution in [3.8, 4) is 34.1 Å². The first-order chi connectivity index (χ1) is 11.7. The van der Waals surface area contributed by atoms with Crippen LogP contribution in [0.3, 0.4) is 0 Å². The van der Waals surface area contributed by atoms with Crippen LogP contribution >= 0.6 is 15.9 Å². The third kappa shape index (κ3) is 2.90. The average molecular weight is 390 g/mol. The average Bonchev–Trinajstić information content (AvgIpc) is 3.05. The normalized spacial score (nSPS) is 10.7. The molecule has 3 rings (SSSR count). The number of nitrogens with zero attached hydrogens (tertiary/aromatic N) is 1. The number of benzene rings is 2. The Kier molecular flexibility index (Phi) is 4.87. The van der Waals surface area contributed by atoms with Gasteiger partial charge in [0, 0.05) is 15.6 Å². The van der Waals surface area contributed by atoms with Crippen molar-refractivity contribution in [2.75, 3.05) is 14.2 Å². The topological polar surface area (TPSA) is 64.7 Å². The molecule has 1 heterocycles. The maximum absolute atomic E-state index is 9.86. The lowest BCUT2D eigenvalue weighted by Crippen LogP contribution is -1.92. The summed E-state index contributed by atoms with van der Waals surface area (Å²) in [7, 11) is 3.15. The zero-order valence-corrected chi connectivity index (χ0v) is 14.8. The van der Waals surface area contributed by atoms with E-state index in [0.717, 1.165) is 15.6 Å². The number of methoxy groups -OCH3 is 2. The molecule has 0 bridgehead atoms. The molecule has 0 saturated carbocycles. The number of halogens is 1. The highest BCUT2D eigenvalue weighted by Gasteiger charge is 2.20. The summed E-state index contributed by atoms with van der Waals surface area (Å²) >= 11 is 3.50. The fraction of sp³-hybridized carbons (Fsp3) is 0.167. The van der Waals surface area contributed by atoms with Gasteiger partial charge in [0.25, 0.3) is 0 Å². The van der Waals surface area contributed by atoms with Gasteiger partial charge >= 0.3 is 0 Å². The van der Waals surface area contributed by atoms with E-state index in [4.69, 9.17) is 14.0 Å². The molecule has 0 unspecified atom stereocenters. The van der Waals surface area contributed by atoms with E-state index in [9.17, 15) is 5.11 Å². The highest BCUT2D eigenvalue weighted by atomic mass is 79.9. The Morgan fingerprint density at radius 1 is 1.08 bits per heavy atom. The van der Waals surface area contributed by atoms with Crippen LogP contribution in [-0.4, -0.2) is 24.5 Å². The summed E-state index contributed by atoms with van der Waals surface area (Å²) in [6.07, 6.45) is 0. The van der Waals surface area contributed by atoms with E-state index >= 15 is 0 Å². The molecule has 0 spiro atoms. The van der Waals surface area contributed by atoms with Crippen LogP contribution in [0.5, 0.6) is 11.5 Å². The smallest absolute Gasteiger partial charge is 0.173 e. The molecule has 1 aromatic heterocycles. The quantitative estimate of drug-likeness (QED) is 0.705. The second-order valence-electron chi connectivity index (χ2n) is 5.05. The predicted octanol–water partition coefficient (Wildman–Crippen LogP) is 4.28. The fourth-order valence-corrected chi connectivity index (χ4v) is 3.00. The molecule has 5 nitrogen and oxygen atoms in total. The van der Waals surface area contributed by atoms with E-state index in [0.29, 0.717) is 28.5 Å². The van der Waals surface area contributed by atoms with Gasteiger partial charge in [-0.3, -0.25) is 0 Å². The zero-order valence-electron chi connectivity index (χ0n) is 13.2. The molecule has 0 radical (unpaired) electrons. The molecule has 0 aliphatic heterocycles. The maximum Gasteiger partial charge on any atom is 0.173 e. The molecule has 2 aromatic carbocycles. The van der Waals surface area contributed by atoms with E-state index in [2.05, 4.69) is 21.1 Å². The molecule has 6 heteroatoms. The summed E-state index contributed by atoms with van der Waals surface area (Å²) in [6, 6.07) is 13.1. The highest BCUT2D eigenvalue weighted by Crippen LogP contribution is 2.38. The van der Waals surface area contributed by atoms with Crippen LogP contribution in [0, 0.1) is 0 Å². The van der Waals surface area contributed by atoms with Gasteiger partial charge < -0.3 is 19.1 Å². The van der Waals surface area contributed by atoms with Gasteiger partial charge in [-0.2, -0.15) is 0 Å². The Morgan fingerprint density at radius 3 is 2.50 bits per heavy atom. The Hall–Kier alpha value is -2.31. The van der Waals surface area contributed by atoms with E-state index in [1.54, 1.807) is 26.4 Å². The van der Waals surface area contributed by atoms with E-state index in [1.165, 1.54) is 0 Å². The minimum absolute atomic E-state index is 0.191. The highest BCUT2D eigenvalue weighted by molar-refractivity contribution is 9.10. The van der Waals surface area contributed by atoms with Crippen molar-refractivity contribution < 1.29 is 19.1 Å². The summed E-state index contributed by atoms with van der Waals surface area (Å²) < 4.78 is 17.0. The molecule has 3 aromatic rings. The number of aliphatic hydroxyl groups is 1. The van der Waals surface area contributed by atoms with Gasteiger partial charge in [0.2, 0.25) is 0 Å². The number of aromatic nitrogens is 1. The van der Waals surface area contributed by atoms with Crippen LogP contribution in [0.2, 0.25) is 0 Å². The minimum atomic E-state index is -0.191. The predicted molar refractivity (Wildman–Crippen MR) is 94.1 cm³/mol. The summed E-state index contributed by atoms with van der Waals surface area (Å²) in [5.74, 6) is 1.71. The number of ether oxygens (including phenoxy) is 2. The first kappa shape index (κ1) is 16.5. The molecule has 0 saturated heterocycles. The lowest BCUT2D eigenvalue weighted by atomic mass is 10.0. The molecular formula is C18H16BrNO4. The van der Waals surface area contributed by atoms with Crippen LogP contribution in [0.4, 0.5) is 0 Å². The van der Waals surface area contributed by atoms with Crippen molar-refractivity contribution >= 4 is 15.9 Å². The lowest BCUT2D eigenvalue weighted by molar-refractivity contribution is 0.281. The van der Waals surface area contributed by atoms with Gasteiger partial charge in [0.05, 0.1) is 26.4 Å². The van der Waals surface area contributed by atoms with Crippen molar-refractivity contribution in [3.63, 3.8) is 0 Å². The van der Waals surface area contributed by atoms with Crippen LogP contribution in [0.1, 0.15) is 5.56 Å². The number of hydrogen-bond donors (Lipinski definition) is 1. The third-order valence-corrected chi connectivity index (χ3v) is 4.41. The summed E-state index contributed by atoms with van der Waals surface area (Å²) in [4.78, 5) is 0. The van der Waals surface area contributed by atoms with Crippen LogP contribution in [-0.2, 0) is 6.61 Å². The van der Waals surface area contributed by atoms with Gasteiger partial charge in [0.15, 0.2) is 17.3 Å². The van der Waals surface area contributed by atoms with E-state index in [-0.39, 0.29) is 6.61 Å². The lowest BCUT2D eigenvalue weighted by Gasteiger charge is -2.09. The van der Waals surface area contributed by atoms with Crippen LogP contribution < -0.4 is 9.47 Å². The van der Waals surface area contributed by atoms with Crippen molar-refractivity contribution in [1.29, 1.82) is 0 Å².